The highest BCUT2D eigenvalue weighted by molar-refractivity contribution is 7.13. The lowest BCUT2D eigenvalue weighted by atomic mass is 10.2. The van der Waals surface area contributed by atoms with Crippen molar-refractivity contribution in [1.82, 2.24) is 19.9 Å². The zero-order chi connectivity index (χ0) is 17.8. The number of carbonyl (C=O) groups excluding carboxylic acids is 1. The van der Waals surface area contributed by atoms with Gasteiger partial charge in [-0.3, -0.25) is 4.79 Å². The normalized spacial score (nSPS) is 10.8. The number of nitrogens with one attached hydrogen (secondary N) is 2. The van der Waals surface area contributed by atoms with E-state index >= 15 is 0 Å². The molecule has 1 aromatic carbocycles. The second-order valence-corrected chi connectivity index (χ2v) is 6.80. The standard InChI is InChI=1S/C20H18N4OS/c25-20(15-5-7-16(8-6-15)24-11-1-2-12-24)21-10-9-17-19(23-14-22-17)18-4-3-13-26-18/h1-8,11-14H,9-10H2,(H,21,25)(H,22,23). The zero-order valence-electron chi connectivity index (χ0n) is 14.1. The average molecular weight is 362 g/mol. The van der Waals surface area contributed by atoms with E-state index in [0.717, 1.165) is 22.0 Å². The van der Waals surface area contributed by atoms with Gasteiger partial charge in [0.2, 0.25) is 0 Å². The Balaban J connectivity index is 1.35. The number of amides is 1. The largest absolute Gasteiger partial charge is 0.352 e. The molecule has 0 bridgehead atoms. The summed E-state index contributed by atoms with van der Waals surface area (Å²) in [5.41, 5.74) is 3.69. The van der Waals surface area contributed by atoms with E-state index in [0.29, 0.717) is 18.5 Å². The maximum atomic E-state index is 12.3. The Morgan fingerprint density at radius 1 is 1.12 bits per heavy atom. The maximum absolute atomic E-state index is 12.3. The first-order valence-corrected chi connectivity index (χ1v) is 9.27. The average Bonchev–Trinajstić information content (AvgIpc) is 3.42. The second kappa shape index (κ2) is 7.41. The highest BCUT2D eigenvalue weighted by atomic mass is 32.1. The molecule has 1 amide bonds. The van der Waals surface area contributed by atoms with Crippen LogP contribution in [-0.2, 0) is 6.42 Å². The molecule has 130 valence electrons. The summed E-state index contributed by atoms with van der Waals surface area (Å²) >= 11 is 1.66. The van der Waals surface area contributed by atoms with Gasteiger partial charge in [-0.25, -0.2) is 4.98 Å². The first kappa shape index (κ1) is 16.4. The fourth-order valence-electron chi connectivity index (χ4n) is 2.83. The van der Waals surface area contributed by atoms with Crippen LogP contribution in [0.1, 0.15) is 16.1 Å². The van der Waals surface area contributed by atoms with Crippen molar-refractivity contribution < 1.29 is 4.79 Å². The summed E-state index contributed by atoms with van der Waals surface area (Å²) in [6.07, 6.45) is 6.36. The number of H-pyrrole nitrogens is 1. The van der Waals surface area contributed by atoms with Gasteiger partial charge in [-0.1, -0.05) is 6.07 Å². The van der Waals surface area contributed by atoms with E-state index < -0.39 is 0 Å². The number of rotatable bonds is 6. The predicted molar refractivity (Wildman–Crippen MR) is 104 cm³/mol. The van der Waals surface area contributed by atoms with Gasteiger partial charge in [0.1, 0.15) is 5.69 Å². The molecule has 3 aromatic heterocycles. The van der Waals surface area contributed by atoms with Crippen molar-refractivity contribution in [1.29, 1.82) is 0 Å². The monoisotopic (exact) mass is 362 g/mol. The van der Waals surface area contributed by atoms with Crippen LogP contribution in [0.2, 0.25) is 0 Å². The minimum atomic E-state index is -0.0683. The maximum Gasteiger partial charge on any atom is 0.251 e. The van der Waals surface area contributed by atoms with Crippen molar-refractivity contribution in [2.45, 2.75) is 6.42 Å². The molecule has 6 heteroatoms. The van der Waals surface area contributed by atoms with E-state index in [4.69, 9.17) is 0 Å². The number of hydrogen-bond donors (Lipinski definition) is 2. The Morgan fingerprint density at radius 2 is 1.92 bits per heavy atom. The second-order valence-electron chi connectivity index (χ2n) is 5.85. The van der Waals surface area contributed by atoms with Crippen LogP contribution in [0.15, 0.2) is 72.6 Å². The Kier molecular flexibility index (Phi) is 4.66. The number of nitrogens with zero attached hydrogens (tertiary/aromatic N) is 2. The van der Waals surface area contributed by atoms with Gasteiger partial charge in [0.25, 0.3) is 5.91 Å². The summed E-state index contributed by atoms with van der Waals surface area (Å²) < 4.78 is 2.01. The minimum Gasteiger partial charge on any atom is -0.352 e. The van der Waals surface area contributed by atoms with Crippen LogP contribution in [0.4, 0.5) is 0 Å². The molecule has 0 unspecified atom stereocenters. The smallest absolute Gasteiger partial charge is 0.251 e. The fourth-order valence-corrected chi connectivity index (χ4v) is 3.58. The van der Waals surface area contributed by atoms with E-state index in [1.807, 2.05) is 64.8 Å². The molecule has 4 aromatic rings. The van der Waals surface area contributed by atoms with Gasteiger partial charge in [-0.05, 0) is 47.8 Å². The minimum absolute atomic E-state index is 0.0683. The third-order valence-corrected chi connectivity index (χ3v) is 5.04. The molecular formula is C20H18N4OS. The van der Waals surface area contributed by atoms with E-state index in [1.165, 1.54) is 0 Å². The molecule has 0 aliphatic carbocycles. The summed E-state index contributed by atoms with van der Waals surface area (Å²) in [5.74, 6) is -0.0683. The summed E-state index contributed by atoms with van der Waals surface area (Å²) in [6.45, 7) is 0.554. The number of thiophene rings is 1. The molecule has 0 saturated heterocycles. The van der Waals surface area contributed by atoms with Crippen LogP contribution in [0.5, 0.6) is 0 Å². The molecule has 2 N–H and O–H groups in total. The third kappa shape index (κ3) is 3.45. The van der Waals surface area contributed by atoms with Gasteiger partial charge in [-0.2, -0.15) is 0 Å². The first-order chi connectivity index (χ1) is 12.8. The Bertz CT molecular complexity index is 969. The molecule has 0 spiro atoms. The molecule has 0 radical (unpaired) electrons. The molecule has 5 nitrogen and oxygen atoms in total. The molecular weight excluding hydrogens is 344 g/mol. The van der Waals surface area contributed by atoms with Gasteiger partial charge in [0, 0.05) is 42.3 Å². The molecule has 0 fully saturated rings. The van der Waals surface area contributed by atoms with Gasteiger partial charge in [-0.15, -0.1) is 11.3 Å². The lowest BCUT2D eigenvalue weighted by Crippen LogP contribution is -2.25. The first-order valence-electron chi connectivity index (χ1n) is 8.39. The summed E-state index contributed by atoms with van der Waals surface area (Å²) in [7, 11) is 0. The van der Waals surface area contributed by atoms with Crippen LogP contribution in [-0.4, -0.2) is 27.0 Å². The van der Waals surface area contributed by atoms with Crippen molar-refractivity contribution in [3.05, 3.63) is 83.9 Å². The van der Waals surface area contributed by atoms with E-state index in [9.17, 15) is 4.79 Å². The van der Waals surface area contributed by atoms with Crippen molar-refractivity contribution in [3.8, 4) is 16.3 Å². The lowest BCUT2D eigenvalue weighted by Gasteiger charge is -2.07. The number of aromatic nitrogens is 3. The van der Waals surface area contributed by atoms with Gasteiger partial charge >= 0.3 is 0 Å². The number of imidazole rings is 1. The van der Waals surface area contributed by atoms with Gasteiger partial charge in [0.05, 0.1) is 11.2 Å². The topological polar surface area (TPSA) is 62.7 Å². The van der Waals surface area contributed by atoms with E-state index in [-0.39, 0.29) is 5.91 Å². The van der Waals surface area contributed by atoms with Crippen molar-refractivity contribution in [2.24, 2.45) is 0 Å². The molecule has 26 heavy (non-hydrogen) atoms. The quantitative estimate of drug-likeness (QED) is 0.546. The van der Waals surface area contributed by atoms with Crippen LogP contribution < -0.4 is 5.32 Å². The Morgan fingerprint density at radius 3 is 2.65 bits per heavy atom. The third-order valence-electron chi connectivity index (χ3n) is 4.17. The van der Waals surface area contributed by atoms with Crippen molar-refractivity contribution in [3.63, 3.8) is 0 Å². The summed E-state index contributed by atoms with van der Waals surface area (Å²) in [5, 5.41) is 5.01. The summed E-state index contributed by atoms with van der Waals surface area (Å²) in [4.78, 5) is 21.0. The molecule has 3 heterocycles. The fraction of sp³-hybridized carbons (Fsp3) is 0.100. The number of hydrogen-bond acceptors (Lipinski definition) is 3. The van der Waals surface area contributed by atoms with Crippen LogP contribution in [0, 0.1) is 0 Å². The highest BCUT2D eigenvalue weighted by Crippen LogP contribution is 2.25. The molecule has 0 aliphatic heterocycles. The summed E-state index contributed by atoms with van der Waals surface area (Å²) in [6, 6.07) is 15.6. The van der Waals surface area contributed by atoms with Crippen molar-refractivity contribution >= 4 is 17.2 Å². The van der Waals surface area contributed by atoms with Gasteiger partial charge in [0.15, 0.2) is 0 Å². The van der Waals surface area contributed by atoms with Crippen LogP contribution >= 0.6 is 11.3 Å². The van der Waals surface area contributed by atoms with Crippen LogP contribution in [0.3, 0.4) is 0 Å². The molecule has 0 aliphatic rings. The SMILES string of the molecule is O=C(NCCc1[nH]cnc1-c1cccs1)c1ccc(-n2cccc2)cc1. The Labute approximate surface area is 155 Å². The number of aromatic amines is 1. The zero-order valence-corrected chi connectivity index (χ0v) is 14.9. The van der Waals surface area contributed by atoms with Gasteiger partial charge < -0.3 is 14.9 Å². The molecule has 0 saturated carbocycles. The molecule has 4 rings (SSSR count). The number of carbonyl (C=O) groups is 1. The van der Waals surface area contributed by atoms with Crippen molar-refractivity contribution in [2.75, 3.05) is 6.54 Å². The lowest BCUT2D eigenvalue weighted by molar-refractivity contribution is 0.0954. The predicted octanol–water partition coefficient (Wildman–Crippen LogP) is 3.90. The van der Waals surface area contributed by atoms with E-state index in [1.54, 1.807) is 17.7 Å². The van der Waals surface area contributed by atoms with E-state index in [2.05, 4.69) is 21.4 Å². The Hall–Kier alpha value is -3.12. The highest BCUT2D eigenvalue weighted by Gasteiger charge is 2.10. The molecule has 0 atom stereocenters. The van der Waals surface area contributed by atoms with Crippen LogP contribution in [0.25, 0.3) is 16.3 Å². The number of benzene rings is 1.